The van der Waals surface area contributed by atoms with Gasteiger partial charge in [0.05, 0.1) is 5.03 Å². The summed E-state index contributed by atoms with van der Waals surface area (Å²) >= 11 is 1.76. The Morgan fingerprint density at radius 3 is 2.79 bits per heavy atom. The highest BCUT2D eigenvalue weighted by atomic mass is 32.2. The summed E-state index contributed by atoms with van der Waals surface area (Å²) in [5, 5.41) is 4.57. The lowest BCUT2D eigenvalue weighted by atomic mass is 10.0. The minimum Gasteiger partial charge on any atom is -0.309 e. The highest BCUT2D eigenvalue weighted by molar-refractivity contribution is 7.99. The van der Waals surface area contributed by atoms with Crippen molar-refractivity contribution in [2.24, 2.45) is 0 Å². The quantitative estimate of drug-likeness (QED) is 0.648. The molecule has 2 aromatic rings. The van der Waals surface area contributed by atoms with Crippen molar-refractivity contribution in [3.8, 4) is 0 Å². The normalized spacial score (nSPS) is 12.3. The van der Waals surface area contributed by atoms with Gasteiger partial charge < -0.3 is 5.32 Å². The Hall–Kier alpha value is -1.39. The van der Waals surface area contributed by atoms with Crippen LogP contribution in [0.15, 0.2) is 47.9 Å². The monoisotopic (exact) mass is 273 g/mol. The minimum absolute atomic E-state index is 0.353. The average molecular weight is 273 g/mol. The zero-order valence-electron chi connectivity index (χ0n) is 11.3. The van der Waals surface area contributed by atoms with Crippen LogP contribution in [0.3, 0.4) is 0 Å². The van der Waals surface area contributed by atoms with Crippen LogP contribution >= 0.6 is 11.8 Å². The van der Waals surface area contributed by atoms with Gasteiger partial charge in [-0.15, -0.1) is 11.8 Å². The first-order valence-electron chi connectivity index (χ1n) is 6.49. The second-order valence-electron chi connectivity index (χ2n) is 4.33. The second-order valence-corrected chi connectivity index (χ2v) is 5.37. The van der Waals surface area contributed by atoms with Crippen LogP contribution in [0.4, 0.5) is 0 Å². The van der Waals surface area contributed by atoms with E-state index >= 15 is 0 Å². The Kier molecular flexibility index (Phi) is 5.36. The van der Waals surface area contributed by atoms with Crippen molar-refractivity contribution >= 4 is 11.8 Å². The van der Waals surface area contributed by atoms with E-state index in [2.05, 4.69) is 53.4 Å². The van der Waals surface area contributed by atoms with Crippen molar-refractivity contribution in [1.29, 1.82) is 0 Å². The molecule has 0 saturated heterocycles. The van der Waals surface area contributed by atoms with Crippen LogP contribution in [-0.2, 0) is 0 Å². The average Bonchev–Trinajstić information content (AvgIpc) is 2.45. The summed E-state index contributed by atoms with van der Waals surface area (Å²) in [6, 6.07) is 10.8. The van der Waals surface area contributed by atoms with Crippen LogP contribution in [0.2, 0.25) is 0 Å². The van der Waals surface area contributed by atoms with E-state index in [4.69, 9.17) is 0 Å². The predicted molar refractivity (Wildman–Crippen MR) is 80.4 cm³/mol. The Morgan fingerprint density at radius 2 is 2.11 bits per heavy atom. The number of hydrogen-bond acceptors (Lipinski definition) is 4. The number of nitrogens with zero attached hydrogens (tertiary/aromatic N) is 2. The van der Waals surface area contributed by atoms with Crippen LogP contribution < -0.4 is 5.32 Å². The molecule has 0 aliphatic rings. The lowest BCUT2D eigenvalue weighted by Gasteiger charge is -2.19. The van der Waals surface area contributed by atoms with E-state index in [-0.39, 0.29) is 0 Å². The Balaban J connectivity index is 2.07. The van der Waals surface area contributed by atoms with Gasteiger partial charge in [0, 0.05) is 18.0 Å². The molecule has 0 spiro atoms. The lowest BCUT2D eigenvalue weighted by molar-refractivity contribution is 0.603. The first-order chi connectivity index (χ1) is 9.31. The van der Waals surface area contributed by atoms with Crippen molar-refractivity contribution in [3.63, 3.8) is 0 Å². The molecule has 0 aliphatic heterocycles. The lowest BCUT2D eigenvalue weighted by Crippen LogP contribution is -2.23. The van der Waals surface area contributed by atoms with Gasteiger partial charge in [-0.05, 0) is 30.7 Å². The van der Waals surface area contributed by atoms with Gasteiger partial charge in [0.25, 0.3) is 0 Å². The molecule has 19 heavy (non-hydrogen) atoms. The maximum Gasteiger partial charge on any atom is 0.116 e. The standard InChI is InChI=1S/C15H19N3S/c1-3-17-14(13-7-5-4-6-12(13)2)10-19-15-8-9-16-11-18-15/h4-9,11,14,17H,3,10H2,1-2H3. The van der Waals surface area contributed by atoms with Crippen LogP contribution in [-0.4, -0.2) is 22.3 Å². The topological polar surface area (TPSA) is 37.8 Å². The molecular formula is C15H19N3S. The highest BCUT2D eigenvalue weighted by Crippen LogP contribution is 2.24. The number of benzene rings is 1. The van der Waals surface area contributed by atoms with E-state index in [0.29, 0.717) is 6.04 Å². The van der Waals surface area contributed by atoms with Gasteiger partial charge in [0.1, 0.15) is 6.33 Å². The van der Waals surface area contributed by atoms with E-state index in [9.17, 15) is 0 Å². The van der Waals surface area contributed by atoms with Crippen molar-refractivity contribution in [1.82, 2.24) is 15.3 Å². The van der Waals surface area contributed by atoms with Gasteiger partial charge in [-0.2, -0.15) is 0 Å². The number of thioether (sulfide) groups is 1. The molecule has 0 amide bonds. The van der Waals surface area contributed by atoms with E-state index < -0.39 is 0 Å². The Labute approximate surface area is 118 Å². The van der Waals surface area contributed by atoms with E-state index in [1.807, 2.05) is 6.07 Å². The molecule has 100 valence electrons. The fourth-order valence-corrected chi connectivity index (χ4v) is 2.93. The summed E-state index contributed by atoms with van der Waals surface area (Å²) in [5.41, 5.74) is 2.70. The summed E-state index contributed by atoms with van der Waals surface area (Å²) in [6.45, 7) is 5.26. The molecule has 1 aromatic heterocycles. The number of rotatable bonds is 6. The van der Waals surface area contributed by atoms with Crippen molar-refractivity contribution in [3.05, 3.63) is 54.0 Å². The van der Waals surface area contributed by atoms with Gasteiger partial charge in [-0.25, -0.2) is 9.97 Å². The molecule has 1 atom stereocenters. The largest absolute Gasteiger partial charge is 0.309 e. The van der Waals surface area contributed by atoms with E-state index in [0.717, 1.165) is 17.3 Å². The van der Waals surface area contributed by atoms with Crippen LogP contribution in [0.25, 0.3) is 0 Å². The predicted octanol–water partition coefficient (Wildman–Crippen LogP) is 3.23. The molecule has 1 aromatic carbocycles. The maximum atomic E-state index is 4.25. The van der Waals surface area contributed by atoms with Crippen LogP contribution in [0.5, 0.6) is 0 Å². The number of aromatic nitrogens is 2. The van der Waals surface area contributed by atoms with Crippen molar-refractivity contribution < 1.29 is 0 Å². The maximum absolute atomic E-state index is 4.25. The molecule has 1 unspecified atom stereocenters. The Morgan fingerprint density at radius 1 is 1.26 bits per heavy atom. The molecule has 3 nitrogen and oxygen atoms in total. The fraction of sp³-hybridized carbons (Fsp3) is 0.333. The molecule has 0 bridgehead atoms. The first-order valence-corrected chi connectivity index (χ1v) is 7.47. The van der Waals surface area contributed by atoms with E-state index in [1.54, 1.807) is 24.3 Å². The zero-order chi connectivity index (χ0) is 13.5. The molecule has 0 fully saturated rings. The van der Waals surface area contributed by atoms with Crippen LogP contribution in [0, 0.1) is 6.92 Å². The molecule has 4 heteroatoms. The zero-order valence-corrected chi connectivity index (χ0v) is 12.2. The summed E-state index contributed by atoms with van der Waals surface area (Å²) in [7, 11) is 0. The Bertz CT molecular complexity index is 502. The summed E-state index contributed by atoms with van der Waals surface area (Å²) in [6.07, 6.45) is 3.38. The number of nitrogens with one attached hydrogen (secondary N) is 1. The molecule has 1 heterocycles. The minimum atomic E-state index is 0.353. The molecule has 0 saturated carbocycles. The van der Waals surface area contributed by atoms with Gasteiger partial charge in [-0.3, -0.25) is 0 Å². The van der Waals surface area contributed by atoms with E-state index in [1.165, 1.54) is 11.1 Å². The van der Waals surface area contributed by atoms with Gasteiger partial charge in [0.2, 0.25) is 0 Å². The number of hydrogen-bond donors (Lipinski definition) is 1. The second kappa shape index (κ2) is 7.26. The summed E-state index contributed by atoms with van der Waals surface area (Å²) in [4.78, 5) is 8.19. The third-order valence-electron chi connectivity index (χ3n) is 2.97. The van der Waals surface area contributed by atoms with Crippen molar-refractivity contribution in [2.45, 2.75) is 24.9 Å². The van der Waals surface area contributed by atoms with Gasteiger partial charge in [-0.1, -0.05) is 31.2 Å². The van der Waals surface area contributed by atoms with Crippen molar-refractivity contribution in [2.75, 3.05) is 12.3 Å². The SMILES string of the molecule is CCNC(CSc1ccncn1)c1ccccc1C. The number of aryl methyl sites for hydroxylation is 1. The third-order valence-corrected chi connectivity index (χ3v) is 4.00. The van der Waals surface area contributed by atoms with Crippen LogP contribution in [0.1, 0.15) is 24.1 Å². The molecule has 1 N–H and O–H groups in total. The highest BCUT2D eigenvalue weighted by Gasteiger charge is 2.12. The van der Waals surface area contributed by atoms with Gasteiger partial charge in [0.15, 0.2) is 0 Å². The summed E-state index contributed by atoms with van der Waals surface area (Å²) < 4.78 is 0. The molecule has 0 radical (unpaired) electrons. The third kappa shape index (κ3) is 4.04. The molecule has 2 rings (SSSR count). The first kappa shape index (κ1) is 14.0. The van der Waals surface area contributed by atoms with Gasteiger partial charge >= 0.3 is 0 Å². The fourth-order valence-electron chi connectivity index (χ4n) is 2.02. The molecule has 0 aliphatic carbocycles. The molecular weight excluding hydrogens is 254 g/mol. The summed E-state index contributed by atoms with van der Waals surface area (Å²) in [5.74, 6) is 0.968. The smallest absolute Gasteiger partial charge is 0.116 e.